The predicted molar refractivity (Wildman–Crippen MR) is 114 cm³/mol. The number of amides is 1. The van der Waals surface area contributed by atoms with Gasteiger partial charge in [0.05, 0.1) is 16.2 Å². The predicted octanol–water partition coefficient (Wildman–Crippen LogP) is 4.16. The molecule has 0 N–H and O–H groups in total. The smallest absolute Gasteiger partial charge is 0.262 e. The fourth-order valence-electron chi connectivity index (χ4n) is 3.85. The third kappa shape index (κ3) is 4.40. The molecule has 2 heterocycles. The molecule has 1 fully saturated rings. The molecule has 1 aromatic heterocycles. The minimum Gasteiger partial charge on any atom is -0.341 e. The van der Waals surface area contributed by atoms with Crippen LogP contribution < -0.4 is 5.56 Å². The van der Waals surface area contributed by atoms with Gasteiger partial charge in [0.25, 0.3) is 5.56 Å². The summed E-state index contributed by atoms with van der Waals surface area (Å²) in [4.78, 5) is 32.5. The number of hydrogen-bond acceptors (Lipinski definition) is 4. The molecule has 7 heteroatoms. The van der Waals surface area contributed by atoms with E-state index in [1.807, 2.05) is 30.9 Å². The normalized spacial score (nSPS) is 21.4. The Kier molecular flexibility index (Phi) is 6.31. The van der Waals surface area contributed by atoms with Crippen LogP contribution in [0.2, 0.25) is 0 Å². The highest BCUT2D eigenvalue weighted by atomic mass is 79.9. The van der Waals surface area contributed by atoms with E-state index in [0.29, 0.717) is 34.4 Å². The van der Waals surface area contributed by atoms with Crippen LogP contribution in [-0.4, -0.2) is 38.7 Å². The SMILES string of the molecule is CCn1c(SC(C)C(=O)N2CC(C)CC(C)C2)nc2ccc(Br)cc2c1=O. The molecule has 3 unspecified atom stereocenters. The third-order valence-corrected chi connectivity index (χ3v) is 6.58. The van der Waals surface area contributed by atoms with Gasteiger partial charge in [-0.15, -0.1) is 0 Å². The first-order chi connectivity index (χ1) is 12.8. The number of rotatable bonds is 4. The summed E-state index contributed by atoms with van der Waals surface area (Å²) in [5.74, 6) is 1.19. The molecule has 5 nitrogen and oxygen atoms in total. The summed E-state index contributed by atoms with van der Waals surface area (Å²) in [6.45, 7) is 10.4. The number of likely N-dealkylation sites (tertiary alicyclic amines) is 1. The molecule has 27 heavy (non-hydrogen) atoms. The zero-order valence-electron chi connectivity index (χ0n) is 16.2. The standard InChI is InChI=1S/C20H26BrN3O2S/c1-5-24-19(26)16-9-15(21)6-7-17(16)22-20(24)27-14(4)18(25)23-10-12(2)8-13(3)11-23/h6-7,9,12-14H,5,8,10-11H2,1-4H3. The number of halogens is 1. The third-order valence-electron chi connectivity index (χ3n) is 5.01. The number of carbonyl (C=O) groups is 1. The summed E-state index contributed by atoms with van der Waals surface area (Å²) >= 11 is 4.79. The van der Waals surface area contributed by atoms with Crippen LogP contribution in [0.25, 0.3) is 10.9 Å². The van der Waals surface area contributed by atoms with E-state index >= 15 is 0 Å². The Hall–Kier alpha value is -1.34. The summed E-state index contributed by atoms with van der Waals surface area (Å²) in [6, 6.07) is 5.52. The summed E-state index contributed by atoms with van der Waals surface area (Å²) in [7, 11) is 0. The molecule has 3 rings (SSSR count). The van der Waals surface area contributed by atoms with Crippen molar-refractivity contribution in [1.29, 1.82) is 0 Å². The molecule has 1 aliphatic rings. The molecular weight excluding hydrogens is 426 g/mol. The first-order valence-corrected chi connectivity index (χ1v) is 11.1. The minimum absolute atomic E-state index is 0.0637. The molecule has 0 bridgehead atoms. The van der Waals surface area contributed by atoms with E-state index in [2.05, 4.69) is 34.8 Å². The van der Waals surface area contributed by atoms with Crippen molar-refractivity contribution in [2.75, 3.05) is 13.1 Å². The lowest BCUT2D eigenvalue weighted by molar-refractivity contribution is -0.132. The first kappa shape index (κ1) is 20.4. The highest BCUT2D eigenvalue weighted by Gasteiger charge is 2.29. The van der Waals surface area contributed by atoms with Gasteiger partial charge < -0.3 is 4.90 Å². The van der Waals surface area contributed by atoms with Crippen molar-refractivity contribution in [2.24, 2.45) is 11.8 Å². The summed E-state index contributed by atoms with van der Waals surface area (Å²) in [5, 5.41) is 0.921. The van der Waals surface area contributed by atoms with Crippen molar-refractivity contribution in [1.82, 2.24) is 14.5 Å². The topological polar surface area (TPSA) is 55.2 Å². The zero-order chi connectivity index (χ0) is 19.7. The Bertz CT molecular complexity index is 904. The van der Waals surface area contributed by atoms with Crippen LogP contribution in [-0.2, 0) is 11.3 Å². The second-order valence-electron chi connectivity index (χ2n) is 7.55. The van der Waals surface area contributed by atoms with E-state index in [4.69, 9.17) is 0 Å². The van der Waals surface area contributed by atoms with Crippen LogP contribution in [0.4, 0.5) is 0 Å². The number of fused-ring (bicyclic) bond motifs is 1. The van der Waals surface area contributed by atoms with Crippen LogP contribution in [0.5, 0.6) is 0 Å². The van der Waals surface area contributed by atoms with E-state index in [9.17, 15) is 9.59 Å². The maximum absolute atomic E-state index is 13.0. The quantitative estimate of drug-likeness (QED) is 0.516. The molecule has 0 spiro atoms. The molecule has 3 atom stereocenters. The van der Waals surface area contributed by atoms with Gasteiger partial charge in [-0.25, -0.2) is 4.98 Å². The van der Waals surface area contributed by atoms with Gasteiger partial charge in [-0.3, -0.25) is 14.2 Å². The monoisotopic (exact) mass is 451 g/mol. The Morgan fingerprint density at radius 1 is 1.33 bits per heavy atom. The van der Waals surface area contributed by atoms with Crippen molar-refractivity contribution in [3.8, 4) is 0 Å². The van der Waals surface area contributed by atoms with E-state index in [-0.39, 0.29) is 16.7 Å². The van der Waals surface area contributed by atoms with Gasteiger partial charge in [0, 0.05) is 24.1 Å². The van der Waals surface area contributed by atoms with E-state index in [1.54, 1.807) is 10.6 Å². The van der Waals surface area contributed by atoms with E-state index in [1.165, 1.54) is 18.2 Å². The highest BCUT2D eigenvalue weighted by molar-refractivity contribution is 9.10. The minimum atomic E-state index is -0.278. The van der Waals surface area contributed by atoms with Crippen molar-refractivity contribution >= 4 is 44.5 Å². The molecule has 146 valence electrons. The number of thioether (sulfide) groups is 1. The second kappa shape index (κ2) is 8.35. The van der Waals surface area contributed by atoms with Crippen LogP contribution in [0.1, 0.15) is 34.1 Å². The fourth-order valence-corrected chi connectivity index (χ4v) is 5.27. The lowest BCUT2D eigenvalue weighted by atomic mass is 9.92. The van der Waals surface area contributed by atoms with Crippen molar-refractivity contribution in [3.63, 3.8) is 0 Å². The Balaban J connectivity index is 1.88. The Morgan fingerprint density at radius 3 is 2.63 bits per heavy atom. The van der Waals surface area contributed by atoms with E-state index in [0.717, 1.165) is 17.6 Å². The second-order valence-corrected chi connectivity index (χ2v) is 9.78. The van der Waals surface area contributed by atoms with Gasteiger partial charge in [-0.1, -0.05) is 41.5 Å². The molecule has 1 saturated heterocycles. The van der Waals surface area contributed by atoms with E-state index < -0.39 is 0 Å². The van der Waals surface area contributed by atoms with Crippen molar-refractivity contribution in [3.05, 3.63) is 33.0 Å². The van der Waals surface area contributed by atoms with Gasteiger partial charge in [0.2, 0.25) is 5.91 Å². The summed E-state index contributed by atoms with van der Waals surface area (Å²) < 4.78 is 2.51. The van der Waals surface area contributed by atoms with Crippen molar-refractivity contribution < 1.29 is 4.79 Å². The molecule has 1 aliphatic heterocycles. The van der Waals surface area contributed by atoms with Gasteiger partial charge in [-0.2, -0.15) is 0 Å². The first-order valence-electron chi connectivity index (χ1n) is 9.45. The molecule has 1 aromatic carbocycles. The lowest BCUT2D eigenvalue weighted by Crippen LogP contribution is -2.45. The Morgan fingerprint density at radius 2 is 2.00 bits per heavy atom. The van der Waals surface area contributed by atoms with Crippen LogP contribution in [0, 0.1) is 11.8 Å². The lowest BCUT2D eigenvalue weighted by Gasteiger charge is -2.36. The van der Waals surface area contributed by atoms with Gasteiger partial charge in [0.1, 0.15) is 0 Å². The number of hydrogen-bond donors (Lipinski definition) is 0. The van der Waals surface area contributed by atoms with Crippen molar-refractivity contribution in [2.45, 2.75) is 51.1 Å². The Labute approximate surface area is 172 Å². The number of nitrogens with zero attached hydrogens (tertiary/aromatic N) is 3. The average molecular weight is 452 g/mol. The number of carbonyl (C=O) groups excluding carboxylic acids is 1. The summed E-state index contributed by atoms with van der Waals surface area (Å²) in [5.41, 5.74) is 0.599. The van der Waals surface area contributed by atoms with Gasteiger partial charge >= 0.3 is 0 Å². The maximum Gasteiger partial charge on any atom is 0.262 e. The molecule has 1 amide bonds. The fraction of sp³-hybridized carbons (Fsp3) is 0.550. The summed E-state index contributed by atoms with van der Waals surface area (Å²) in [6.07, 6.45) is 1.17. The zero-order valence-corrected chi connectivity index (χ0v) is 18.6. The van der Waals surface area contributed by atoms with Crippen LogP contribution >= 0.6 is 27.7 Å². The van der Waals surface area contributed by atoms with Crippen LogP contribution in [0.15, 0.2) is 32.6 Å². The highest BCUT2D eigenvalue weighted by Crippen LogP contribution is 2.27. The molecule has 0 radical (unpaired) electrons. The number of aromatic nitrogens is 2. The number of benzene rings is 1. The number of piperidine rings is 1. The largest absolute Gasteiger partial charge is 0.341 e. The van der Waals surface area contributed by atoms with Gasteiger partial charge in [0.15, 0.2) is 5.16 Å². The molecule has 2 aromatic rings. The maximum atomic E-state index is 13.0. The van der Waals surface area contributed by atoms with Gasteiger partial charge in [-0.05, 0) is 50.3 Å². The molecular formula is C20H26BrN3O2S. The molecule has 0 aliphatic carbocycles. The average Bonchev–Trinajstić information content (AvgIpc) is 2.61. The van der Waals surface area contributed by atoms with Crippen LogP contribution in [0.3, 0.4) is 0 Å². The molecule has 0 saturated carbocycles.